The van der Waals surface area contributed by atoms with Crippen LogP contribution in [-0.4, -0.2) is 16.5 Å². The van der Waals surface area contributed by atoms with Gasteiger partial charge in [0.1, 0.15) is 17.1 Å². The summed E-state index contributed by atoms with van der Waals surface area (Å²) >= 11 is 0. The molecule has 0 amide bonds. The van der Waals surface area contributed by atoms with Crippen LogP contribution in [0.5, 0.6) is 5.75 Å². The maximum absolute atomic E-state index is 14.8. The van der Waals surface area contributed by atoms with Crippen molar-refractivity contribution in [2.24, 2.45) is 0 Å². The maximum Gasteiger partial charge on any atom is 0.145 e. The Balaban J connectivity index is 2.09. The molecule has 0 aliphatic carbocycles. The molecule has 0 spiro atoms. The fraction of sp³-hybridized carbons (Fsp3) is 0.0909. The van der Waals surface area contributed by atoms with Crippen molar-refractivity contribution in [3.8, 4) is 34.2 Å². The second-order valence-corrected chi connectivity index (χ2v) is 6.30. The second-order valence-electron chi connectivity index (χ2n) is 6.30. The maximum atomic E-state index is 14.8. The Morgan fingerprint density at radius 3 is 2.52 bits per heavy atom. The van der Waals surface area contributed by atoms with Crippen LogP contribution >= 0.6 is 0 Å². The molecule has 0 fully saturated rings. The number of imidazole rings is 1. The summed E-state index contributed by atoms with van der Waals surface area (Å²) in [5.74, 6) is 0.144. The van der Waals surface area contributed by atoms with E-state index in [0.717, 1.165) is 22.3 Å². The van der Waals surface area contributed by atoms with Gasteiger partial charge in [-0.15, -0.1) is 0 Å². The van der Waals surface area contributed by atoms with E-state index in [2.05, 4.69) is 4.98 Å². The van der Waals surface area contributed by atoms with Gasteiger partial charge in [-0.2, -0.15) is 5.26 Å². The number of rotatable bonds is 3. The number of hydrogen-bond donors (Lipinski definition) is 0. The van der Waals surface area contributed by atoms with E-state index >= 15 is 0 Å². The van der Waals surface area contributed by atoms with Crippen LogP contribution in [-0.2, 0) is 0 Å². The summed E-state index contributed by atoms with van der Waals surface area (Å²) < 4.78 is 22.2. The van der Waals surface area contributed by atoms with Crippen molar-refractivity contribution in [1.29, 1.82) is 5.26 Å². The van der Waals surface area contributed by atoms with Gasteiger partial charge in [0.05, 0.1) is 37.0 Å². The van der Waals surface area contributed by atoms with Crippen LogP contribution in [0, 0.1) is 24.1 Å². The molecule has 0 aliphatic rings. The smallest absolute Gasteiger partial charge is 0.145 e. The third kappa shape index (κ3) is 2.81. The molecular formula is C22H16FN3O. The van der Waals surface area contributed by atoms with Gasteiger partial charge >= 0.3 is 0 Å². The minimum Gasteiger partial charge on any atom is -0.494 e. The van der Waals surface area contributed by atoms with E-state index in [1.165, 1.54) is 6.07 Å². The third-order valence-corrected chi connectivity index (χ3v) is 4.60. The summed E-state index contributed by atoms with van der Waals surface area (Å²) in [6, 6.07) is 16.3. The van der Waals surface area contributed by atoms with Crippen molar-refractivity contribution >= 4 is 5.52 Å². The summed E-state index contributed by atoms with van der Waals surface area (Å²) in [7, 11) is 1.58. The lowest BCUT2D eigenvalue weighted by Gasteiger charge is -2.16. The van der Waals surface area contributed by atoms with E-state index in [4.69, 9.17) is 10.00 Å². The molecule has 4 nitrogen and oxygen atoms in total. The van der Waals surface area contributed by atoms with Crippen LogP contribution in [0.4, 0.5) is 4.39 Å². The van der Waals surface area contributed by atoms with Gasteiger partial charge in [-0.25, -0.2) is 9.37 Å². The lowest BCUT2D eigenvalue weighted by molar-refractivity contribution is 0.418. The molecule has 4 aromatic rings. The van der Waals surface area contributed by atoms with Gasteiger partial charge < -0.3 is 4.74 Å². The zero-order valence-corrected chi connectivity index (χ0v) is 14.9. The molecule has 2 heterocycles. The normalized spacial score (nSPS) is 10.7. The zero-order chi connectivity index (χ0) is 19.0. The van der Waals surface area contributed by atoms with Crippen LogP contribution in [0.25, 0.3) is 27.9 Å². The second kappa shape index (κ2) is 6.58. The van der Waals surface area contributed by atoms with Crippen molar-refractivity contribution in [3.05, 3.63) is 78.0 Å². The van der Waals surface area contributed by atoms with Gasteiger partial charge in [0.2, 0.25) is 0 Å². The molecule has 0 unspecified atom stereocenters. The topological polar surface area (TPSA) is 50.3 Å². The predicted molar refractivity (Wildman–Crippen MR) is 102 cm³/mol. The average Bonchev–Trinajstić information content (AvgIpc) is 3.17. The van der Waals surface area contributed by atoms with Gasteiger partial charge in [-0.3, -0.25) is 4.40 Å². The van der Waals surface area contributed by atoms with Gasteiger partial charge in [0, 0.05) is 11.1 Å². The average molecular weight is 357 g/mol. The molecule has 0 bridgehead atoms. The summed E-state index contributed by atoms with van der Waals surface area (Å²) in [6.07, 6.45) is 3.41. The lowest BCUT2D eigenvalue weighted by atomic mass is 9.96. The minimum absolute atomic E-state index is 0.281. The third-order valence-electron chi connectivity index (χ3n) is 4.60. The molecule has 0 aliphatic heterocycles. The number of pyridine rings is 1. The Morgan fingerprint density at radius 1 is 1.07 bits per heavy atom. The van der Waals surface area contributed by atoms with Crippen LogP contribution in [0.2, 0.25) is 0 Å². The van der Waals surface area contributed by atoms with Crippen LogP contribution in [0.15, 0.2) is 61.1 Å². The summed E-state index contributed by atoms with van der Waals surface area (Å²) in [5, 5.41) is 9.03. The number of halogens is 1. The first-order valence-electron chi connectivity index (χ1n) is 8.42. The van der Waals surface area contributed by atoms with Gasteiger partial charge in [0.15, 0.2) is 0 Å². The summed E-state index contributed by atoms with van der Waals surface area (Å²) in [6.45, 7) is 2.02. The van der Waals surface area contributed by atoms with E-state index in [-0.39, 0.29) is 5.56 Å². The van der Waals surface area contributed by atoms with Gasteiger partial charge in [-0.05, 0) is 30.7 Å². The first-order chi connectivity index (χ1) is 13.1. The molecule has 2 aromatic heterocycles. The fourth-order valence-electron chi connectivity index (χ4n) is 3.24. The Bertz CT molecular complexity index is 1190. The van der Waals surface area contributed by atoms with Crippen molar-refractivity contribution in [2.75, 3.05) is 7.11 Å². The van der Waals surface area contributed by atoms with E-state index < -0.39 is 5.82 Å². The van der Waals surface area contributed by atoms with Gasteiger partial charge in [-0.1, -0.05) is 35.9 Å². The molecular weight excluding hydrogens is 341 g/mol. The molecule has 0 N–H and O–H groups in total. The molecule has 0 saturated carbocycles. The molecule has 2 aromatic carbocycles. The number of aromatic nitrogens is 2. The quantitative estimate of drug-likeness (QED) is 0.519. The number of aryl methyl sites for hydroxylation is 1. The lowest BCUT2D eigenvalue weighted by Crippen LogP contribution is -1.99. The molecule has 132 valence electrons. The van der Waals surface area contributed by atoms with Crippen molar-refractivity contribution in [3.63, 3.8) is 0 Å². The highest BCUT2D eigenvalue weighted by Crippen LogP contribution is 2.38. The summed E-state index contributed by atoms with van der Waals surface area (Å²) in [4.78, 5) is 4.24. The van der Waals surface area contributed by atoms with Crippen LogP contribution in [0.1, 0.15) is 11.1 Å². The first-order valence-corrected chi connectivity index (χ1v) is 8.42. The Morgan fingerprint density at radius 2 is 1.85 bits per heavy atom. The van der Waals surface area contributed by atoms with Crippen LogP contribution in [0.3, 0.4) is 0 Å². The molecule has 0 atom stereocenters. The van der Waals surface area contributed by atoms with Crippen molar-refractivity contribution in [1.82, 2.24) is 9.38 Å². The number of fused-ring (bicyclic) bond motifs is 1. The monoisotopic (exact) mass is 357 g/mol. The van der Waals surface area contributed by atoms with E-state index in [0.29, 0.717) is 16.9 Å². The predicted octanol–water partition coefficient (Wildman–Crippen LogP) is 5.00. The highest BCUT2D eigenvalue weighted by atomic mass is 19.1. The zero-order valence-electron chi connectivity index (χ0n) is 14.9. The summed E-state index contributed by atoms with van der Waals surface area (Å²) in [5.41, 5.74) is 5.04. The highest BCUT2D eigenvalue weighted by Gasteiger charge is 2.18. The number of benzene rings is 2. The molecule has 4 rings (SSSR count). The molecule has 27 heavy (non-hydrogen) atoms. The highest BCUT2D eigenvalue weighted by molar-refractivity contribution is 5.86. The number of nitrogens with zero attached hydrogens (tertiary/aromatic N) is 3. The first kappa shape index (κ1) is 16.8. The standard InChI is InChI=1S/C22H16FN3O/c1-14-3-6-16(7-4-14)22-18(17-8-5-15(11-24)9-19(17)23)10-21(27-2)20-12-25-13-26(20)22/h3-10,12-13H,1-2H3. The van der Waals surface area contributed by atoms with Crippen molar-refractivity contribution in [2.45, 2.75) is 6.92 Å². The number of ether oxygens (including phenoxy) is 1. The van der Waals surface area contributed by atoms with Gasteiger partial charge in [0.25, 0.3) is 0 Å². The number of hydrogen-bond acceptors (Lipinski definition) is 3. The molecule has 5 heteroatoms. The van der Waals surface area contributed by atoms with E-state index in [9.17, 15) is 4.39 Å². The Hall–Kier alpha value is -3.65. The number of nitriles is 1. The Labute approximate surface area is 156 Å². The molecule has 0 radical (unpaired) electrons. The SMILES string of the molecule is COc1cc(-c2ccc(C#N)cc2F)c(-c2ccc(C)cc2)n2cncc12. The molecule has 0 saturated heterocycles. The van der Waals surface area contributed by atoms with Crippen LogP contribution < -0.4 is 4.74 Å². The largest absolute Gasteiger partial charge is 0.494 e. The fourth-order valence-corrected chi connectivity index (χ4v) is 3.24. The minimum atomic E-state index is -0.455. The van der Waals surface area contributed by atoms with Crippen molar-refractivity contribution < 1.29 is 9.13 Å². The van der Waals surface area contributed by atoms with E-state index in [1.807, 2.05) is 47.7 Å². The van der Waals surface area contributed by atoms with E-state index in [1.54, 1.807) is 31.8 Å². The Kier molecular flexibility index (Phi) is 4.09. The number of methoxy groups -OCH3 is 1.